The van der Waals surface area contributed by atoms with Gasteiger partial charge in [0.15, 0.2) is 5.78 Å². The average molecular weight is 479 g/mol. The molecule has 2 heterocycles. The zero-order valence-corrected chi connectivity index (χ0v) is 19.8. The van der Waals surface area contributed by atoms with E-state index in [-0.39, 0.29) is 42.4 Å². The van der Waals surface area contributed by atoms with Crippen molar-refractivity contribution < 1.29 is 19.1 Å². The fourth-order valence-electron chi connectivity index (χ4n) is 6.07. The standard InChI is InChI=1S/C30H26N2O4/c31-15-19-6-5-7-20(12-19)29(33)21-13-22-16-35-17-23(14-21)32(22)30(34)36-18-28-26-10-3-1-8-24(26)25-9-2-4-11-27(25)28/h1-12,21-23,28H,13-14,16-18H2. The van der Waals surface area contributed by atoms with E-state index in [4.69, 9.17) is 9.47 Å². The van der Waals surface area contributed by atoms with Gasteiger partial charge in [-0.2, -0.15) is 5.26 Å². The van der Waals surface area contributed by atoms with Crippen molar-refractivity contribution in [2.45, 2.75) is 30.8 Å². The third-order valence-corrected chi connectivity index (χ3v) is 7.71. The van der Waals surface area contributed by atoms with Gasteiger partial charge in [0.25, 0.3) is 0 Å². The molecule has 6 heteroatoms. The van der Waals surface area contributed by atoms with Crippen LogP contribution in [0.5, 0.6) is 0 Å². The number of benzene rings is 3. The molecule has 6 nitrogen and oxygen atoms in total. The van der Waals surface area contributed by atoms with Gasteiger partial charge in [-0.3, -0.25) is 9.69 Å². The van der Waals surface area contributed by atoms with Gasteiger partial charge in [0, 0.05) is 17.4 Å². The van der Waals surface area contributed by atoms with Crippen molar-refractivity contribution in [2.75, 3.05) is 19.8 Å². The summed E-state index contributed by atoms with van der Waals surface area (Å²) in [6.45, 7) is 1.05. The Morgan fingerprint density at radius 2 is 1.56 bits per heavy atom. The van der Waals surface area contributed by atoms with E-state index < -0.39 is 0 Å². The van der Waals surface area contributed by atoms with E-state index >= 15 is 0 Å². The molecule has 2 fully saturated rings. The van der Waals surface area contributed by atoms with E-state index in [2.05, 4.69) is 30.3 Å². The van der Waals surface area contributed by atoms with Gasteiger partial charge >= 0.3 is 6.09 Å². The Kier molecular flexibility index (Phi) is 5.79. The van der Waals surface area contributed by atoms with Crippen LogP contribution in [0.4, 0.5) is 4.79 Å². The fourth-order valence-corrected chi connectivity index (χ4v) is 6.07. The maximum absolute atomic E-state index is 13.3. The zero-order chi connectivity index (χ0) is 24.6. The van der Waals surface area contributed by atoms with Crippen LogP contribution >= 0.6 is 0 Å². The number of rotatable bonds is 4. The molecule has 0 aromatic heterocycles. The summed E-state index contributed by atoms with van der Waals surface area (Å²) < 4.78 is 11.7. The normalized spacial score (nSPS) is 22.3. The van der Waals surface area contributed by atoms with Gasteiger partial charge in [0.2, 0.25) is 0 Å². The average Bonchev–Trinajstić information content (AvgIpc) is 3.24. The molecule has 2 unspecified atom stereocenters. The number of carbonyl (C=O) groups excluding carboxylic acids is 2. The first kappa shape index (κ1) is 22.5. The summed E-state index contributed by atoms with van der Waals surface area (Å²) in [7, 11) is 0. The third kappa shape index (κ3) is 3.86. The molecule has 0 spiro atoms. The molecular formula is C30H26N2O4. The number of amides is 1. The predicted molar refractivity (Wildman–Crippen MR) is 134 cm³/mol. The van der Waals surface area contributed by atoms with Crippen molar-refractivity contribution >= 4 is 11.9 Å². The first-order chi connectivity index (χ1) is 17.6. The number of hydrogen-bond donors (Lipinski definition) is 0. The molecule has 0 saturated carbocycles. The monoisotopic (exact) mass is 478 g/mol. The van der Waals surface area contributed by atoms with Gasteiger partial charge < -0.3 is 9.47 Å². The van der Waals surface area contributed by atoms with E-state index in [0.29, 0.717) is 37.2 Å². The Hall–Kier alpha value is -3.95. The van der Waals surface area contributed by atoms with Crippen LogP contribution in [0.1, 0.15) is 45.8 Å². The van der Waals surface area contributed by atoms with Crippen molar-refractivity contribution in [1.82, 2.24) is 4.90 Å². The molecule has 1 amide bonds. The van der Waals surface area contributed by atoms with E-state index in [1.807, 2.05) is 24.3 Å². The minimum atomic E-state index is -0.340. The van der Waals surface area contributed by atoms with Crippen LogP contribution < -0.4 is 0 Å². The molecule has 3 aromatic carbocycles. The number of nitrogens with zero attached hydrogens (tertiary/aromatic N) is 2. The molecule has 3 aliphatic rings. The summed E-state index contributed by atoms with van der Waals surface area (Å²) in [4.78, 5) is 28.4. The van der Waals surface area contributed by atoms with Crippen molar-refractivity contribution in [3.05, 3.63) is 95.1 Å². The van der Waals surface area contributed by atoms with Gasteiger partial charge in [-0.1, -0.05) is 60.7 Å². The Morgan fingerprint density at radius 1 is 0.917 bits per heavy atom. The lowest BCUT2D eigenvalue weighted by atomic mass is 9.80. The highest BCUT2D eigenvalue weighted by molar-refractivity contribution is 5.98. The zero-order valence-electron chi connectivity index (χ0n) is 19.8. The predicted octanol–water partition coefficient (Wildman–Crippen LogP) is 5.17. The Labute approximate surface area is 210 Å². The highest BCUT2D eigenvalue weighted by Gasteiger charge is 2.45. The Balaban J connectivity index is 1.16. The van der Waals surface area contributed by atoms with Crippen molar-refractivity contribution in [3.8, 4) is 17.2 Å². The van der Waals surface area contributed by atoms with E-state index in [9.17, 15) is 14.9 Å². The van der Waals surface area contributed by atoms with Crippen LogP contribution in [0, 0.1) is 17.2 Å². The van der Waals surface area contributed by atoms with Gasteiger partial charge in [-0.25, -0.2) is 4.79 Å². The molecule has 0 radical (unpaired) electrons. The minimum absolute atomic E-state index is 0.00367. The molecule has 3 aromatic rings. The molecule has 1 aliphatic carbocycles. The second-order valence-corrected chi connectivity index (χ2v) is 9.78. The van der Waals surface area contributed by atoms with Crippen LogP contribution in [0.3, 0.4) is 0 Å². The number of nitriles is 1. The first-order valence-electron chi connectivity index (χ1n) is 12.4. The molecule has 2 atom stereocenters. The number of hydrogen-bond acceptors (Lipinski definition) is 5. The summed E-state index contributed by atoms with van der Waals surface area (Å²) in [6.07, 6.45) is 0.708. The summed E-state index contributed by atoms with van der Waals surface area (Å²) in [5, 5.41) is 9.18. The summed E-state index contributed by atoms with van der Waals surface area (Å²) in [5.74, 6) is -0.185. The lowest BCUT2D eigenvalue weighted by molar-refractivity contribution is -0.0747. The Bertz CT molecular complexity index is 1320. The van der Waals surface area contributed by atoms with Gasteiger partial charge in [-0.05, 0) is 47.2 Å². The van der Waals surface area contributed by atoms with Crippen molar-refractivity contribution in [2.24, 2.45) is 5.92 Å². The highest BCUT2D eigenvalue weighted by atomic mass is 16.6. The van der Waals surface area contributed by atoms with Gasteiger partial charge in [0.05, 0.1) is 36.9 Å². The Morgan fingerprint density at radius 3 is 2.19 bits per heavy atom. The number of piperidine rings is 1. The maximum atomic E-state index is 13.3. The summed E-state index contributed by atoms with van der Waals surface area (Å²) in [6, 6.07) is 25.1. The number of carbonyl (C=O) groups is 2. The van der Waals surface area contributed by atoms with Crippen LogP contribution in [0.25, 0.3) is 11.1 Å². The van der Waals surface area contributed by atoms with Gasteiger partial charge in [-0.15, -0.1) is 0 Å². The van der Waals surface area contributed by atoms with Crippen LogP contribution in [0.2, 0.25) is 0 Å². The largest absolute Gasteiger partial charge is 0.448 e. The molecule has 2 aliphatic heterocycles. The van der Waals surface area contributed by atoms with Crippen molar-refractivity contribution in [1.29, 1.82) is 5.26 Å². The van der Waals surface area contributed by atoms with Crippen LogP contribution in [0.15, 0.2) is 72.8 Å². The summed E-state index contributed by atoms with van der Waals surface area (Å²) in [5.41, 5.74) is 5.77. The molecule has 0 N–H and O–H groups in total. The van der Waals surface area contributed by atoms with Crippen LogP contribution in [-0.2, 0) is 9.47 Å². The molecule has 180 valence electrons. The third-order valence-electron chi connectivity index (χ3n) is 7.71. The van der Waals surface area contributed by atoms with Crippen molar-refractivity contribution in [3.63, 3.8) is 0 Å². The van der Waals surface area contributed by atoms with E-state index in [0.717, 1.165) is 0 Å². The van der Waals surface area contributed by atoms with Gasteiger partial charge in [0.1, 0.15) is 6.61 Å². The fraction of sp³-hybridized carbons (Fsp3) is 0.300. The lowest BCUT2D eigenvalue weighted by Crippen LogP contribution is -2.60. The quantitative estimate of drug-likeness (QED) is 0.484. The molecule has 36 heavy (non-hydrogen) atoms. The van der Waals surface area contributed by atoms with E-state index in [1.54, 1.807) is 29.2 Å². The molecular weight excluding hydrogens is 452 g/mol. The minimum Gasteiger partial charge on any atom is -0.448 e. The second-order valence-electron chi connectivity index (χ2n) is 9.78. The molecule has 2 bridgehead atoms. The highest BCUT2D eigenvalue weighted by Crippen LogP contribution is 2.44. The second kappa shape index (κ2) is 9.25. The molecule has 6 rings (SSSR count). The topological polar surface area (TPSA) is 79.6 Å². The number of ketones is 1. The van der Waals surface area contributed by atoms with Crippen LogP contribution in [-0.4, -0.2) is 48.7 Å². The maximum Gasteiger partial charge on any atom is 0.410 e. The molecule has 2 saturated heterocycles. The number of Topliss-reactive ketones (excluding diaryl/α,β-unsaturated/α-hetero) is 1. The first-order valence-corrected chi connectivity index (χ1v) is 12.4. The van der Waals surface area contributed by atoms with E-state index in [1.165, 1.54) is 22.3 Å². The number of fused-ring (bicyclic) bond motifs is 5. The SMILES string of the molecule is N#Cc1cccc(C(=O)C2CC3COCC(C2)N3C(=O)OCC2c3ccccc3-c3ccccc32)c1. The lowest BCUT2D eigenvalue weighted by Gasteiger charge is -2.47. The number of ether oxygens (including phenoxy) is 2. The smallest absolute Gasteiger partial charge is 0.410 e. The number of morpholine rings is 1. The summed E-state index contributed by atoms with van der Waals surface area (Å²) >= 11 is 0.